The molecule has 0 fully saturated rings. The lowest BCUT2D eigenvalue weighted by atomic mass is 10.4. The molecule has 0 aliphatic rings. The van der Waals surface area contributed by atoms with E-state index in [1.807, 2.05) is 6.92 Å². The molecule has 0 amide bonds. The van der Waals surface area contributed by atoms with Crippen LogP contribution in [0.15, 0.2) is 0 Å². The summed E-state index contributed by atoms with van der Waals surface area (Å²) in [4.78, 5) is 10.8. The fourth-order valence-electron chi connectivity index (χ4n) is 0.605. The molecule has 0 aromatic heterocycles. The summed E-state index contributed by atoms with van der Waals surface area (Å²) in [6.07, 6.45) is 2.37. The minimum atomic E-state index is -0.0893. The van der Waals surface area contributed by atoms with Gasteiger partial charge in [0.05, 0.1) is 12.4 Å². The van der Waals surface area contributed by atoms with Crippen LogP contribution in [0, 0.1) is 0 Å². The van der Waals surface area contributed by atoms with E-state index in [1.165, 1.54) is 12.8 Å². The molecule has 0 aliphatic heterocycles. The van der Waals surface area contributed by atoms with Crippen molar-refractivity contribution in [2.45, 2.75) is 26.7 Å². The normalized spacial score (nSPS) is 9.64. The summed E-state index contributed by atoms with van der Waals surface area (Å²) >= 11 is 1.65. The first-order chi connectivity index (χ1) is 5.31. The SMILES string of the molecule is CCCCSCC(=O)OCC. The highest BCUT2D eigenvalue weighted by molar-refractivity contribution is 7.99. The highest BCUT2D eigenvalue weighted by Gasteiger charge is 1.99. The number of carbonyl (C=O) groups is 1. The highest BCUT2D eigenvalue weighted by atomic mass is 32.2. The zero-order chi connectivity index (χ0) is 8.53. The highest BCUT2D eigenvalue weighted by Crippen LogP contribution is 2.04. The average Bonchev–Trinajstić information content (AvgIpc) is 1.99. The number of ether oxygens (including phenoxy) is 1. The summed E-state index contributed by atoms with van der Waals surface area (Å²) in [5, 5.41) is 0. The molecule has 3 heteroatoms. The zero-order valence-electron chi connectivity index (χ0n) is 7.26. The molecule has 0 rings (SSSR count). The zero-order valence-corrected chi connectivity index (χ0v) is 8.08. The Morgan fingerprint density at radius 3 is 2.73 bits per heavy atom. The van der Waals surface area contributed by atoms with Gasteiger partial charge in [0.2, 0.25) is 0 Å². The second-order valence-corrected chi connectivity index (χ2v) is 3.32. The monoisotopic (exact) mass is 176 g/mol. The first kappa shape index (κ1) is 10.8. The smallest absolute Gasteiger partial charge is 0.315 e. The Kier molecular flexibility index (Phi) is 7.79. The van der Waals surface area contributed by atoms with Crippen LogP contribution >= 0.6 is 11.8 Å². The second-order valence-electron chi connectivity index (χ2n) is 2.21. The van der Waals surface area contributed by atoms with Crippen LogP contribution in [0.1, 0.15) is 26.7 Å². The molecule has 2 nitrogen and oxygen atoms in total. The van der Waals surface area contributed by atoms with Crippen LogP contribution in [0.2, 0.25) is 0 Å². The van der Waals surface area contributed by atoms with Crippen molar-refractivity contribution in [3.63, 3.8) is 0 Å². The van der Waals surface area contributed by atoms with Crippen LogP contribution in [0.3, 0.4) is 0 Å². The lowest BCUT2D eigenvalue weighted by Gasteiger charge is -2.00. The Balaban J connectivity index is 3.04. The van der Waals surface area contributed by atoms with Gasteiger partial charge in [-0.2, -0.15) is 11.8 Å². The Bertz CT molecular complexity index is 104. The number of carbonyl (C=O) groups excluding carboxylic acids is 1. The lowest BCUT2D eigenvalue weighted by molar-refractivity contribution is -0.139. The predicted octanol–water partition coefficient (Wildman–Crippen LogP) is 2.08. The average molecular weight is 176 g/mol. The summed E-state index contributed by atoms with van der Waals surface area (Å²) in [6, 6.07) is 0. The Morgan fingerprint density at radius 2 is 2.18 bits per heavy atom. The fraction of sp³-hybridized carbons (Fsp3) is 0.875. The van der Waals surface area contributed by atoms with Crippen molar-refractivity contribution in [2.24, 2.45) is 0 Å². The number of unbranched alkanes of at least 4 members (excludes halogenated alkanes) is 1. The van der Waals surface area contributed by atoms with Gasteiger partial charge < -0.3 is 4.74 Å². The van der Waals surface area contributed by atoms with Crippen molar-refractivity contribution in [2.75, 3.05) is 18.1 Å². The Morgan fingerprint density at radius 1 is 1.45 bits per heavy atom. The Hall–Kier alpha value is -0.180. The van der Waals surface area contributed by atoms with Crippen LogP contribution in [0.25, 0.3) is 0 Å². The molecule has 0 spiro atoms. The molecule has 0 aromatic rings. The van der Waals surface area contributed by atoms with Crippen molar-refractivity contribution in [1.82, 2.24) is 0 Å². The van der Waals surface area contributed by atoms with E-state index in [9.17, 15) is 4.79 Å². The molecule has 0 bridgehead atoms. The molecular formula is C8H16O2S. The van der Waals surface area contributed by atoms with Crippen LogP contribution in [0.5, 0.6) is 0 Å². The van der Waals surface area contributed by atoms with Gasteiger partial charge in [0.1, 0.15) is 0 Å². The molecule has 66 valence electrons. The van der Waals surface area contributed by atoms with E-state index in [1.54, 1.807) is 11.8 Å². The standard InChI is InChI=1S/C8H16O2S/c1-3-5-6-11-7-8(9)10-4-2/h3-7H2,1-2H3. The molecular weight excluding hydrogens is 160 g/mol. The fourth-order valence-corrected chi connectivity index (χ4v) is 1.49. The first-order valence-corrected chi connectivity index (χ1v) is 5.20. The molecule has 0 N–H and O–H groups in total. The minimum Gasteiger partial charge on any atom is -0.465 e. The minimum absolute atomic E-state index is 0.0893. The third-order valence-corrected chi connectivity index (χ3v) is 2.18. The molecule has 0 saturated carbocycles. The van der Waals surface area contributed by atoms with Crippen molar-refractivity contribution in [1.29, 1.82) is 0 Å². The summed E-state index contributed by atoms with van der Waals surface area (Å²) in [5.41, 5.74) is 0. The molecule has 0 heterocycles. The molecule has 0 saturated heterocycles. The lowest BCUT2D eigenvalue weighted by Crippen LogP contribution is -2.06. The Labute approximate surface area is 72.7 Å². The van der Waals surface area contributed by atoms with Gasteiger partial charge in [0, 0.05) is 0 Å². The quantitative estimate of drug-likeness (QED) is 0.458. The number of thioether (sulfide) groups is 1. The molecule has 0 atom stereocenters. The van der Waals surface area contributed by atoms with E-state index < -0.39 is 0 Å². The van der Waals surface area contributed by atoms with Gasteiger partial charge in [-0.15, -0.1) is 0 Å². The van der Waals surface area contributed by atoms with Crippen LogP contribution in [0.4, 0.5) is 0 Å². The van der Waals surface area contributed by atoms with Gasteiger partial charge in [-0.1, -0.05) is 13.3 Å². The van der Waals surface area contributed by atoms with E-state index in [0.717, 1.165) is 5.75 Å². The summed E-state index contributed by atoms with van der Waals surface area (Å²) < 4.78 is 4.76. The van der Waals surface area contributed by atoms with Gasteiger partial charge in [0.15, 0.2) is 0 Å². The van der Waals surface area contributed by atoms with E-state index in [2.05, 4.69) is 6.92 Å². The molecule has 0 unspecified atom stereocenters. The van der Waals surface area contributed by atoms with Crippen molar-refractivity contribution < 1.29 is 9.53 Å². The largest absolute Gasteiger partial charge is 0.465 e. The van der Waals surface area contributed by atoms with Crippen molar-refractivity contribution >= 4 is 17.7 Å². The number of esters is 1. The third-order valence-electron chi connectivity index (χ3n) is 1.17. The van der Waals surface area contributed by atoms with Crippen molar-refractivity contribution in [3.05, 3.63) is 0 Å². The van der Waals surface area contributed by atoms with Gasteiger partial charge in [-0.3, -0.25) is 4.79 Å². The predicted molar refractivity (Wildman–Crippen MR) is 48.9 cm³/mol. The van der Waals surface area contributed by atoms with Crippen molar-refractivity contribution in [3.8, 4) is 0 Å². The van der Waals surface area contributed by atoms with E-state index >= 15 is 0 Å². The van der Waals surface area contributed by atoms with Crippen LogP contribution < -0.4 is 0 Å². The van der Waals surface area contributed by atoms with Gasteiger partial charge in [-0.25, -0.2) is 0 Å². The maximum atomic E-state index is 10.8. The van der Waals surface area contributed by atoms with Gasteiger partial charge in [0.25, 0.3) is 0 Å². The summed E-state index contributed by atoms with van der Waals surface area (Å²) in [5.74, 6) is 1.48. The summed E-state index contributed by atoms with van der Waals surface area (Å²) in [6.45, 7) is 4.46. The second kappa shape index (κ2) is 7.92. The molecule has 0 radical (unpaired) electrons. The van der Waals surface area contributed by atoms with E-state index in [4.69, 9.17) is 4.74 Å². The van der Waals surface area contributed by atoms with Crippen LogP contribution in [-0.2, 0) is 9.53 Å². The van der Waals surface area contributed by atoms with Gasteiger partial charge in [-0.05, 0) is 19.1 Å². The molecule has 0 aromatic carbocycles. The van der Waals surface area contributed by atoms with Crippen LogP contribution in [-0.4, -0.2) is 24.1 Å². The number of hydrogen-bond donors (Lipinski definition) is 0. The third kappa shape index (κ3) is 7.72. The maximum Gasteiger partial charge on any atom is 0.315 e. The summed E-state index contributed by atoms with van der Waals surface area (Å²) in [7, 11) is 0. The van der Waals surface area contributed by atoms with E-state index in [-0.39, 0.29) is 5.97 Å². The number of rotatable bonds is 6. The van der Waals surface area contributed by atoms with Gasteiger partial charge >= 0.3 is 5.97 Å². The molecule has 11 heavy (non-hydrogen) atoms. The first-order valence-electron chi connectivity index (χ1n) is 4.04. The maximum absolute atomic E-state index is 10.8. The molecule has 0 aliphatic carbocycles. The number of hydrogen-bond acceptors (Lipinski definition) is 3. The topological polar surface area (TPSA) is 26.3 Å². The van der Waals surface area contributed by atoms with E-state index in [0.29, 0.717) is 12.4 Å².